The van der Waals surface area contributed by atoms with Crippen LogP contribution in [0.25, 0.3) is 21.5 Å². The summed E-state index contributed by atoms with van der Waals surface area (Å²) >= 11 is 0. The van der Waals surface area contributed by atoms with Gasteiger partial charge in [0.25, 0.3) is 0 Å². The Kier molecular flexibility index (Phi) is 3.20. The first kappa shape index (κ1) is 15.4. The van der Waals surface area contributed by atoms with Gasteiger partial charge in [-0.2, -0.15) is 0 Å². The third-order valence-electron chi connectivity index (χ3n) is 3.33. The molecule has 0 aliphatic heterocycles. The van der Waals surface area contributed by atoms with Gasteiger partial charge in [-0.25, -0.2) is 39.5 Å². The maximum absolute atomic E-state index is 13.8. The Hall–Kier alpha value is -2.45. The summed E-state index contributed by atoms with van der Waals surface area (Å²) in [6.07, 6.45) is 0. The molecule has 23 heavy (non-hydrogen) atoms. The Labute approximate surface area is 120 Å². The van der Waals surface area contributed by atoms with Gasteiger partial charge < -0.3 is 0 Å². The molecule has 0 heterocycles. The fourth-order valence-electron chi connectivity index (χ4n) is 2.32. The fraction of sp³-hybridized carbons (Fsp3) is 0. The first-order valence-electron chi connectivity index (χ1n) is 5.78. The fourth-order valence-corrected chi connectivity index (χ4v) is 2.32. The van der Waals surface area contributed by atoms with Crippen molar-refractivity contribution >= 4 is 21.5 Å². The lowest BCUT2D eigenvalue weighted by molar-refractivity contribution is 0.413. The Morgan fingerprint density at radius 1 is 0.391 bits per heavy atom. The molecule has 3 aromatic carbocycles. The molecule has 0 aliphatic carbocycles. The van der Waals surface area contributed by atoms with Gasteiger partial charge in [0.2, 0.25) is 0 Å². The van der Waals surface area contributed by atoms with E-state index in [1.165, 1.54) is 0 Å². The molecule has 0 aromatic heterocycles. The number of halogens is 9. The van der Waals surface area contributed by atoms with Crippen LogP contribution >= 0.6 is 0 Å². The highest BCUT2D eigenvalue weighted by atomic mass is 19.2. The minimum Gasteiger partial charge on any atom is -0.206 e. The van der Waals surface area contributed by atoms with Crippen LogP contribution in [0.1, 0.15) is 0 Å². The molecule has 0 atom stereocenters. The number of hydrogen-bond acceptors (Lipinski definition) is 0. The van der Waals surface area contributed by atoms with Crippen molar-refractivity contribution in [2.75, 3.05) is 0 Å². The van der Waals surface area contributed by atoms with E-state index < -0.39 is 73.9 Å². The molecule has 0 N–H and O–H groups in total. The summed E-state index contributed by atoms with van der Waals surface area (Å²) in [7, 11) is 0. The average molecular weight is 340 g/mol. The zero-order valence-corrected chi connectivity index (χ0v) is 10.5. The molecule has 0 amide bonds. The quantitative estimate of drug-likeness (QED) is 0.227. The molecule has 0 fully saturated rings. The predicted octanol–water partition coefficient (Wildman–Crippen LogP) is 5.24. The van der Waals surface area contributed by atoms with Crippen molar-refractivity contribution in [1.82, 2.24) is 0 Å². The van der Waals surface area contributed by atoms with Gasteiger partial charge in [-0.1, -0.05) is 0 Å². The molecule has 3 aromatic rings. The van der Waals surface area contributed by atoms with Gasteiger partial charge in [0, 0.05) is 16.2 Å². The highest BCUT2D eigenvalue weighted by Crippen LogP contribution is 2.38. The van der Waals surface area contributed by atoms with Gasteiger partial charge in [0.05, 0.1) is 5.39 Å². The average Bonchev–Trinajstić information content (AvgIpc) is 2.53. The Balaban J connectivity index is 2.80. The minimum absolute atomic E-state index is 0.0263. The molecule has 0 aliphatic rings. The molecule has 0 unspecified atom stereocenters. The van der Waals surface area contributed by atoms with Crippen LogP contribution in [0.2, 0.25) is 0 Å². The van der Waals surface area contributed by atoms with E-state index in [0.717, 1.165) is 0 Å². The summed E-state index contributed by atoms with van der Waals surface area (Å²) in [6, 6.07) is 0.0263. The van der Waals surface area contributed by atoms with Crippen LogP contribution in [0, 0.1) is 52.4 Å². The second-order valence-corrected chi connectivity index (χ2v) is 4.54. The first-order valence-corrected chi connectivity index (χ1v) is 5.78. The number of hydrogen-bond donors (Lipinski definition) is 0. The van der Waals surface area contributed by atoms with Crippen molar-refractivity contribution in [2.24, 2.45) is 0 Å². The zero-order valence-electron chi connectivity index (χ0n) is 10.5. The SMILES string of the molecule is Fc1c(F)c(F)c2c(cc(F)c3c(F)c(F)c(F)c(F)c32)c1F. The molecule has 9 heteroatoms. The molecular weight excluding hydrogens is 339 g/mol. The third kappa shape index (κ3) is 1.82. The van der Waals surface area contributed by atoms with Crippen LogP contribution in [0.4, 0.5) is 39.5 Å². The Bertz CT molecular complexity index is 1010. The lowest BCUT2D eigenvalue weighted by Crippen LogP contribution is -2.04. The van der Waals surface area contributed by atoms with Crippen LogP contribution in [0.5, 0.6) is 0 Å². The van der Waals surface area contributed by atoms with Crippen molar-refractivity contribution in [3.63, 3.8) is 0 Å². The first-order chi connectivity index (χ1) is 10.7. The van der Waals surface area contributed by atoms with Gasteiger partial charge in [-0.05, 0) is 6.07 Å². The van der Waals surface area contributed by atoms with Crippen molar-refractivity contribution in [3.8, 4) is 0 Å². The van der Waals surface area contributed by atoms with Crippen molar-refractivity contribution in [2.45, 2.75) is 0 Å². The maximum Gasteiger partial charge on any atom is 0.198 e. The second-order valence-electron chi connectivity index (χ2n) is 4.54. The molecule has 3 rings (SSSR count). The standard InChI is InChI=1S/C14HF9/c15-3-1-2-4(8(17)12(21)11(20)7(2)16)6-5(3)9(18)13(22)14(23)10(6)19/h1H. The molecule has 0 spiro atoms. The van der Waals surface area contributed by atoms with E-state index in [4.69, 9.17) is 0 Å². The van der Waals surface area contributed by atoms with Crippen LogP contribution < -0.4 is 0 Å². The molecule has 0 saturated carbocycles. The van der Waals surface area contributed by atoms with Crippen molar-refractivity contribution in [1.29, 1.82) is 0 Å². The monoisotopic (exact) mass is 340 g/mol. The van der Waals surface area contributed by atoms with E-state index in [2.05, 4.69) is 0 Å². The molecule has 0 saturated heterocycles. The minimum atomic E-state index is -2.44. The van der Waals surface area contributed by atoms with Gasteiger partial charge in [-0.15, -0.1) is 0 Å². The van der Waals surface area contributed by atoms with E-state index in [-0.39, 0.29) is 6.07 Å². The summed E-state index contributed by atoms with van der Waals surface area (Å²) < 4.78 is 122. The number of benzene rings is 3. The molecule has 0 bridgehead atoms. The smallest absolute Gasteiger partial charge is 0.198 e. The maximum atomic E-state index is 13.8. The Morgan fingerprint density at radius 3 is 1.30 bits per heavy atom. The lowest BCUT2D eigenvalue weighted by Gasteiger charge is -2.11. The van der Waals surface area contributed by atoms with E-state index in [1.807, 2.05) is 0 Å². The predicted molar refractivity (Wildman–Crippen MR) is 61.1 cm³/mol. The third-order valence-corrected chi connectivity index (χ3v) is 3.33. The zero-order chi connectivity index (χ0) is 17.2. The van der Waals surface area contributed by atoms with Gasteiger partial charge >= 0.3 is 0 Å². The summed E-state index contributed by atoms with van der Waals surface area (Å²) in [6.45, 7) is 0. The molecule has 0 radical (unpaired) electrons. The van der Waals surface area contributed by atoms with Gasteiger partial charge in [0.1, 0.15) is 5.82 Å². The van der Waals surface area contributed by atoms with E-state index in [1.54, 1.807) is 0 Å². The normalized spacial score (nSPS) is 11.7. The summed E-state index contributed by atoms with van der Waals surface area (Å²) in [4.78, 5) is 0. The van der Waals surface area contributed by atoms with Crippen molar-refractivity contribution in [3.05, 3.63) is 58.4 Å². The second kappa shape index (κ2) is 4.77. The summed E-state index contributed by atoms with van der Waals surface area (Å²) in [5.74, 6) is -20.1. The Morgan fingerprint density at radius 2 is 0.783 bits per heavy atom. The van der Waals surface area contributed by atoms with Crippen LogP contribution in [0.3, 0.4) is 0 Å². The van der Waals surface area contributed by atoms with E-state index in [0.29, 0.717) is 0 Å². The highest BCUT2D eigenvalue weighted by Gasteiger charge is 2.29. The van der Waals surface area contributed by atoms with Crippen LogP contribution in [-0.2, 0) is 0 Å². The molecular formula is C14HF9. The summed E-state index contributed by atoms with van der Waals surface area (Å²) in [5, 5.41) is -5.88. The van der Waals surface area contributed by atoms with Crippen LogP contribution in [-0.4, -0.2) is 0 Å². The topological polar surface area (TPSA) is 0 Å². The van der Waals surface area contributed by atoms with E-state index in [9.17, 15) is 39.5 Å². The van der Waals surface area contributed by atoms with Gasteiger partial charge in [0.15, 0.2) is 46.5 Å². The largest absolute Gasteiger partial charge is 0.206 e. The van der Waals surface area contributed by atoms with E-state index >= 15 is 0 Å². The highest BCUT2D eigenvalue weighted by molar-refractivity contribution is 6.09. The van der Waals surface area contributed by atoms with Crippen LogP contribution in [0.15, 0.2) is 6.07 Å². The number of fused-ring (bicyclic) bond motifs is 3. The molecule has 0 nitrogen and oxygen atoms in total. The van der Waals surface area contributed by atoms with Gasteiger partial charge in [-0.3, -0.25) is 0 Å². The summed E-state index contributed by atoms with van der Waals surface area (Å²) in [5.41, 5.74) is 0. The molecule has 120 valence electrons. The lowest BCUT2D eigenvalue weighted by atomic mass is 9.98. The number of rotatable bonds is 0. The van der Waals surface area contributed by atoms with Crippen molar-refractivity contribution < 1.29 is 39.5 Å².